The van der Waals surface area contributed by atoms with Crippen LogP contribution < -0.4 is 0 Å². The molecule has 0 radical (unpaired) electrons. The van der Waals surface area contributed by atoms with E-state index in [1.807, 2.05) is 0 Å². The first kappa shape index (κ1) is 18.8. The molecule has 0 aliphatic carbocycles. The van der Waals surface area contributed by atoms with Crippen molar-refractivity contribution in [2.75, 3.05) is 7.11 Å². The molecule has 1 atom stereocenters. The van der Waals surface area contributed by atoms with Crippen LogP contribution in [0.5, 0.6) is 0 Å². The lowest BCUT2D eigenvalue weighted by atomic mass is 9.83. The first-order valence-electron chi connectivity index (χ1n) is 8.50. The highest BCUT2D eigenvalue weighted by atomic mass is 19.1. The average Bonchev–Trinajstić information content (AvgIpc) is 2.64. The molecule has 140 valence electrons. The molecule has 3 rings (SSSR count). The average molecular weight is 371 g/mol. The van der Waals surface area contributed by atoms with Crippen LogP contribution in [0.3, 0.4) is 0 Å². The van der Waals surface area contributed by atoms with Crippen LogP contribution in [0.2, 0.25) is 0 Å². The van der Waals surface area contributed by atoms with E-state index in [0.29, 0.717) is 22.4 Å². The van der Waals surface area contributed by atoms with Gasteiger partial charge in [0.1, 0.15) is 11.6 Å². The van der Waals surface area contributed by atoms with E-state index in [0.717, 1.165) is 0 Å². The van der Waals surface area contributed by atoms with Crippen molar-refractivity contribution in [2.45, 2.75) is 25.8 Å². The maximum Gasteiger partial charge on any atom is 0.336 e. The van der Waals surface area contributed by atoms with Crippen molar-refractivity contribution in [3.8, 4) is 0 Å². The van der Waals surface area contributed by atoms with Crippen LogP contribution >= 0.6 is 0 Å². The molecule has 0 saturated heterocycles. The van der Waals surface area contributed by atoms with Crippen LogP contribution in [-0.2, 0) is 20.9 Å². The summed E-state index contributed by atoms with van der Waals surface area (Å²) in [7, 11) is 1.26. The zero-order valence-corrected chi connectivity index (χ0v) is 15.0. The molecule has 4 nitrogen and oxygen atoms in total. The first-order chi connectivity index (χ1) is 12.9. The Kier molecular flexibility index (Phi) is 5.35. The van der Waals surface area contributed by atoms with Gasteiger partial charge in [-0.05, 0) is 42.3 Å². The summed E-state index contributed by atoms with van der Waals surface area (Å²) in [5.41, 5.74) is 1.88. The summed E-state index contributed by atoms with van der Waals surface area (Å²) in [5, 5.41) is 0. The summed E-state index contributed by atoms with van der Waals surface area (Å²) in [4.78, 5) is 26.6. The number of hydrogen-bond donors (Lipinski definition) is 0. The Morgan fingerprint density at radius 3 is 2.44 bits per heavy atom. The van der Waals surface area contributed by atoms with E-state index in [2.05, 4.69) is 0 Å². The Labute approximate surface area is 156 Å². The van der Waals surface area contributed by atoms with Gasteiger partial charge in [0.15, 0.2) is 0 Å². The van der Waals surface area contributed by atoms with Gasteiger partial charge in [-0.1, -0.05) is 24.3 Å². The van der Waals surface area contributed by atoms with Crippen molar-refractivity contribution in [2.24, 2.45) is 0 Å². The number of esters is 1. The molecule has 1 aliphatic rings. The Morgan fingerprint density at radius 1 is 1.15 bits per heavy atom. The Morgan fingerprint density at radius 2 is 1.81 bits per heavy atom. The lowest BCUT2D eigenvalue weighted by Gasteiger charge is -2.34. The molecule has 1 heterocycles. The molecule has 0 saturated carbocycles. The number of amides is 1. The maximum atomic E-state index is 13.7. The van der Waals surface area contributed by atoms with Gasteiger partial charge >= 0.3 is 5.97 Å². The van der Waals surface area contributed by atoms with Gasteiger partial charge < -0.3 is 9.64 Å². The topological polar surface area (TPSA) is 46.6 Å². The van der Waals surface area contributed by atoms with Crippen LogP contribution in [0.25, 0.3) is 0 Å². The third-order valence-electron chi connectivity index (χ3n) is 4.71. The Hall–Kier alpha value is -3.02. The summed E-state index contributed by atoms with van der Waals surface area (Å²) in [6.45, 7) is 1.79. The number of nitrogens with zero attached hydrogens (tertiary/aromatic N) is 1. The van der Waals surface area contributed by atoms with Crippen molar-refractivity contribution >= 4 is 11.9 Å². The molecule has 0 fully saturated rings. The highest BCUT2D eigenvalue weighted by Crippen LogP contribution is 2.37. The largest absolute Gasteiger partial charge is 0.466 e. The second-order valence-electron chi connectivity index (χ2n) is 6.41. The van der Waals surface area contributed by atoms with Gasteiger partial charge in [-0.15, -0.1) is 0 Å². The number of hydrogen-bond acceptors (Lipinski definition) is 3. The molecule has 0 N–H and O–H groups in total. The molecule has 2 aromatic carbocycles. The summed E-state index contributed by atoms with van der Waals surface area (Å²) >= 11 is 0. The van der Waals surface area contributed by atoms with Gasteiger partial charge in [0.2, 0.25) is 5.91 Å². The van der Waals surface area contributed by atoms with Crippen molar-refractivity contribution < 1.29 is 23.1 Å². The fraction of sp³-hybridized carbons (Fsp3) is 0.238. The Balaban J connectivity index is 2.03. The SMILES string of the molecule is COC(=O)C1=C(C)N(Cc2cccc(F)c2)C(=O)CC1c1cccc(F)c1. The molecule has 6 heteroatoms. The lowest BCUT2D eigenvalue weighted by Crippen LogP contribution is -2.38. The van der Waals surface area contributed by atoms with Gasteiger partial charge in [-0.2, -0.15) is 0 Å². The molecule has 1 unspecified atom stereocenters. The minimum atomic E-state index is -0.593. The van der Waals surface area contributed by atoms with E-state index in [1.54, 1.807) is 31.2 Å². The zero-order valence-electron chi connectivity index (χ0n) is 15.0. The number of halogens is 2. The fourth-order valence-electron chi connectivity index (χ4n) is 3.40. The van der Waals surface area contributed by atoms with Crippen molar-refractivity contribution in [3.63, 3.8) is 0 Å². The van der Waals surface area contributed by atoms with Gasteiger partial charge in [0, 0.05) is 18.0 Å². The van der Waals surface area contributed by atoms with Crippen LogP contribution in [0.15, 0.2) is 59.8 Å². The second-order valence-corrected chi connectivity index (χ2v) is 6.41. The molecule has 1 amide bonds. The molecule has 1 aliphatic heterocycles. The minimum absolute atomic E-state index is 0.000538. The standard InChI is InChI=1S/C21H19F2NO3/c1-13-20(21(26)27-2)18(15-6-4-8-17(23)10-15)11-19(25)24(13)12-14-5-3-7-16(22)9-14/h3-10,18H,11-12H2,1-2H3. The van der Waals surface area contributed by atoms with Crippen molar-refractivity contribution in [1.29, 1.82) is 0 Å². The van der Waals surface area contributed by atoms with E-state index in [4.69, 9.17) is 4.74 Å². The third-order valence-corrected chi connectivity index (χ3v) is 4.71. The second kappa shape index (κ2) is 7.70. The van der Waals surface area contributed by atoms with Gasteiger partial charge in [0.05, 0.1) is 19.2 Å². The summed E-state index contributed by atoms with van der Waals surface area (Å²) in [6.07, 6.45) is 0.000538. The quantitative estimate of drug-likeness (QED) is 0.765. The number of benzene rings is 2. The van der Waals surface area contributed by atoms with E-state index < -0.39 is 23.5 Å². The van der Waals surface area contributed by atoms with Crippen LogP contribution in [0, 0.1) is 11.6 Å². The van der Waals surface area contributed by atoms with E-state index >= 15 is 0 Å². The minimum Gasteiger partial charge on any atom is -0.466 e. The van der Waals surface area contributed by atoms with Crippen LogP contribution in [-0.4, -0.2) is 23.9 Å². The monoisotopic (exact) mass is 371 g/mol. The predicted molar refractivity (Wildman–Crippen MR) is 95.4 cm³/mol. The summed E-state index contributed by atoms with van der Waals surface area (Å²) < 4.78 is 32.0. The zero-order chi connectivity index (χ0) is 19.6. The molecule has 27 heavy (non-hydrogen) atoms. The highest BCUT2D eigenvalue weighted by Gasteiger charge is 2.36. The number of methoxy groups -OCH3 is 1. The molecule has 0 bridgehead atoms. The molecular weight excluding hydrogens is 352 g/mol. The fourth-order valence-corrected chi connectivity index (χ4v) is 3.40. The number of carbonyl (C=O) groups excluding carboxylic acids is 2. The molecule has 0 aromatic heterocycles. The summed E-state index contributed by atoms with van der Waals surface area (Å²) in [5.74, 6) is -2.23. The third kappa shape index (κ3) is 3.89. The lowest BCUT2D eigenvalue weighted by molar-refractivity contribution is -0.138. The maximum absolute atomic E-state index is 13.7. The number of carbonyl (C=O) groups is 2. The predicted octanol–water partition coefficient (Wildman–Crippen LogP) is 3.93. The molecular formula is C21H19F2NO3. The Bertz CT molecular complexity index is 923. The van der Waals surface area contributed by atoms with E-state index in [1.165, 1.54) is 36.3 Å². The van der Waals surface area contributed by atoms with Gasteiger partial charge in [0.25, 0.3) is 0 Å². The van der Waals surface area contributed by atoms with Crippen molar-refractivity contribution in [3.05, 3.63) is 82.6 Å². The van der Waals surface area contributed by atoms with Crippen LogP contribution in [0.1, 0.15) is 30.4 Å². The number of allylic oxidation sites excluding steroid dienone is 1. The number of rotatable bonds is 4. The van der Waals surface area contributed by atoms with Crippen LogP contribution in [0.4, 0.5) is 8.78 Å². The summed E-state index contributed by atoms with van der Waals surface area (Å²) in [6, 6.07) is 11.8. The highest BCUT2D eigenvalue weighted by molar-refractivity contribution is 5.95. The first-order valence-corrected chi connectivity index (χ1v) is 8.50. The number of ether oxygens (including phenoxy) is 1. The van der Waals surface area contributed by atoms with Gasteiger partial charge in [-0.3, -0.25) is 4.79 Å². The molecule has 0 spiro atoms. The van der Waals surface area contributed by atoms with E-state index in [-0.39, 0.29) is 18.9 Å². The molecule has 2 aromatic rings. The normalized spacial score (nSPS) is 17.3. The van der Waals surface area contributed by atoms with Gasteiger partial charge in [-0.25, -0.2) is 13.6 Å². The van der Waals surface area contributed by atoms with Crippen molar-refractivity contribution in [1.82, 2.24) is 4.90 Å². The van der Waals surface area contributed by atoms with E-state index in [9.17, 15) is 18.4 Å². The smallest absolute Gasteiger partial charge is 0.336 e.